The van der Waals surface area contributed by atoms with Crippen LogP contribution in [0.2, 0.25) is 0 Å². The van der Waals surface area contributed by atoms with Crippen LogP contribution in [0.3, 0.4) is 0 Å². The summed E-state index contributed by atoms with van der Waals surface area (Å²) in [7, 11) is 0. The Kier molecular flexibility index (Phi) is 3.79. The molecule has 0 aromatic heterocycles. The van der Waals surface area contributed by atoms with Crippen molar-refractivity contribution >= 4 is 11.6 Å². The molecule has 1 unspecified atom stereocenters. The highest BCUT2D eigenvalue weighted by atomic mass is 19.2. The molecule has 0 spiro atoms. The summed E-state index contributed by atoms with van der Waals surface area (Å²) in [4.78, 5) is 12.8. The largest absolute Gasteiger partial charge is 0.367 e. The lowest BCUT2D eigenvalue weighted by molar-refractivity contribution is -0.119. The second-order valence-corrected chi connectivity index (χ2v) is 4.56. The summed E-state index contributed by atoms with van der Waals surface area (Å²) in [5.41, 5.74) is 0.269. The lowest BCUT2D eigenvalue weighted by atomic mass is 10.0. The molecular formula is C13H16F2N2O. The van der Waals surface area contributed by atoms with E-state index in [1.165, 1.54) is 13.0 Å². The van der Waals surface area contributed by atoms with Crippen LogP contribution in [0.15, 0.2) is 18.2 Å². The van der Waals surface area contributed by atoms with E-state index < -0.39 is 11.6 Å². The normalized spacial score (nSPS) is 19.7. The third-order valence-corrected chi connectivity index (χ3v) is 3.10. The molecule has 3 nitrogen and oxygen atoms in total. The van der Waals surface area contributed by atoms with Crippen molar-refractivity contribution in [2.24, 2.45) is 0 Å². The number of piperidine rings is 1. The zero-order chi connectivity index (χ0) is 13.1. The first-order valence-corrected chi connectivity index (χ1v) is 6.04. The van der Waals surface area contributed by atoms with Crippen LogP contribution in [0, 0.1) is 11.6 Å². The van der Waals surface area contributed by atoms with Crippen molar-refractivity contribution in [3.8, 4) is 0 Å². The van der Waals surface area contributed by atoms with Crippen molar-refractivity contribution in [3.05, 3.63) is 29.8 Å². The van der Waals surface area contributed by atoms with Gasteiger partial charge in [0.15, 0.2) is 11.6 Å². The SMILES string of the molecule is CC(=O)NC1CCCN(c2cccc(F)c2F)C1. The number of halogens is 2. The summed E-state index contributed by atoms with van der Waals surface area (Å²) < 4.78 is 26.8. The maximum absolute atomic E-state index is 13.7. The Morgan fingerprint density at radius 2 is 2.22 bits per heavy atom. The fourth-order valence-corrected chi connectivity index (χ4v) is 2.34. The zero-order valence-corrected chi connectivity index (χ0v) is 10.2. The fourth-order valence-electron chi connectivity index (χ4n) is 2.34. The van der Waals surface area contributed by atoms with Gasteiger partial charge in [0.2, 0.25) is 5.91 Å². The van der Waals surface area contributed by atoms with Gasteiger partial charge in [-0.3, -0.25) is 4.79 Å². The smallest absolute Gasteiger partial charge is 0.217 e. The Morgan fingerprint density at radius 3 is 2.94 bits per heavy atom. The number of nitrogens with zero attached hydrogens (tertiary/aromatic N) is 1. The Morgan fingerprint density at radius 1 is 1.44 bits per heavy atom. The molecule has 1 amide bonds. The van der Waals surface area contributed by atoms with Gasteiger partial charge in [0.05, 0.1) is 5.69 Å². The summed E-state index contributed by atoms with van der Waals surface area (Å²) in [5.74, 6) is -1.75. The summed E-state index contributed by atoms with van der Waals surface area (Å²) in [6.45, 7) is 2.65. The number of hydrogen-bond acceptors (Lipinski definition) is 2. The van der Waals surface area contributed by atoms with Gasteiger partial charge in [0.25, 0.3) is 0 Å². The minimum atomic E-state index is -0.839. The Bertz CT molecular complexity index is 451. The van der Waals surface area contributed by atoms with E-state index in [-0.39, 0.29) is 17.6 Å². The molecule has 2 rings (SSSR count). The van der Waals surface area contributed by atoms with Crippen LogP contribution in [-0.2, 0) is 4.79 Å². The van der Waals surface area contributed by atoms with Gasteiger partial charge in [-0.05, 0) is 25.0 Å². The Balaban J connectivity index is 2.13. The van der Waals surface area contributed by atoms with Crippen LogP contribution in [0.25, 0.3) is 0 Å². The summed E-state index contributed by atoms with van der Waals surface area (Å²) >= 11 is 0. The highest BCUT2D eigenvalue weighted by molar-refractivity contribution is 5.73. The number of anilines is 1. The van der Waals surface area contributed by atoms with Gasteiger partial charge in [-0.1, -0.05) is 6.07 Å². The standard InChI is InChI=1S/C13H16F2N2O/c1-9(18)16-10-4-3-7-17(8-10)12-6-2-5-11(14)13(12)15/h2,5-6,10H,3-4,7-8H2,1H3,(H,16,18). The van der Waals surface area contributed by atoms with Crippen molar-refractivity contribution in [2.75, 3.05) is 18.0 Å². The number of benzene rings is 1. The lowest BCUT2D eigenvalue weighted by Gasteiger charge is -2.34. The average Bonchev–Trinajstić information content (AvgIpc) is 2.32. The molecule has 0 radical (unpaired) electrons. The average molecular weight is 254 g/mol. The number of nitrogens with one attached hydrogen (secondary N) is 1. The molecule has 1 saturated heterocycles. The number of rotatable bonds is 2. The van der Waals surface area contributed by atoms with Gasteiger partial charge >= 0.3 is 0 Å². The summed E-state index contributed by atoms with van der Waals surface area (Å²) in [6, 6.07) is 4.16. The second-order valence-electron chi connectivity index (χ2n) is 4.56. The van der Waals surface area contributed by atoms with Crippen LogP contribution >= 0.6 is 0 Å². The van der Waals surface area contributed by atoms with Crippen molar-refractivity contribution in [3.63, 3.8) is 0 Å². The molecular weight excluding hydrogens is 238 g/mol. The second kappa shape index (κ2) is 5.33. The molecule has 1 atom stereocenters. The van der Waals surface area contributed by atoms with Crippen LogP contribution in [-0.4, -0.2) is 25.0 Å². The van der Waals surface area contributed by atoms with Crippen molar-refractivity contribution in [1.82, 2.24) is 5.32 Å². The summed E-state index contributed by atoms with van der Waals surface area (Å²) in [6.07, 6.45) is 1.72. The van der Waals surface area contributed by atoms with E-state index in [2.05, 4.69) is 5.32 Å². The maximum Gasteiger partial charge on any atom is 0.217 e. The first-order valence-electron chi connectivity index (χ1n) is 6.04. The molecule has 1 heterocycles. The molecule has 1 aliphatic heterocycles. The molecule has 1 aromatic carbocycles. The molecule has 1 aromatic rings. The van der Waals surface area contributed by atoms with Crippen molar-refractivity contribution < 1.29 is 13.6 Å². The number of amides is 1. The zero-order valence-electron chi connectivity index (χ0n) is 10.2. The van der Waals surface area contributed by atoms with Crippen molar-refractivity contribution in [2.45, 2.75) is 25.8 Å². The molecule has 0 saturated carbocycles. The van der Waals surface area contributed by atoms with Gasteiger partial charge in [0, 0.05) is 26.1 Å². The van der Waals surface area contributed by atoms with Gasteiger partial charge in [-0.15, -0.1) is 0 Å². The van der Waals surface area contributed by atoms with Crippen LogP contribution < -0.4 is 10.2 Å². The fraction of sp³-hybridized carbons (Fsp3) is 0.462. The van der Waals surface area contributed by atoms with Gasteiger partial charge < -0.3 is 10.2 Å². The molecule has 1 N–H and O–H groups in total. The lowest BCUT2D eigenvalue weighted by Crippen LogP contribution is -2.47. The molecule has 5 heteroatoms. The third-order valence-electron chi connectivity index (χ3n) is 3.10. The first-order chi connectivity index (χ1) is 8.58. The maximum atomic E-state index is 13.7. The highest BCUT2D eigenvalue weighted by Crippen LogP contribution is 2.24. The first kappa shape index (κ1) is 12.8. The molecule has 0 bridgehead atoms. The van der Waals surface area contributed by atoms with Crippen LogP contribution in [0.1, 0.15) is 19.8 Å². The quantitative estimate of drug-likeness (QED) is 0.876. The van der Waals surface area contributed by atoms with Gasteiger partial charge in [0.1, 0.15) is 0 Å². The minimum absolute atomic E-state index is 0.00100. The summed E-state index contributed by atoms with van der Waals surface area (Å²) in [5, 5.41) is 2.82. The molecule has 1 aliphatic rings. The van der Waals surface area contributed by atoms with Gasteiger partial charge in [-0.25, -0.2) is 8.78 Å². The highest BCUT2D eigenvalue weighted by Gasteiger charge is 2.23. The van der Waals surface area contributed by atoms with Crippen LogP contribution in [0.4, 0.5) is 14.5 Å². The number of hydrogen-bond donors (Lipinski definition) is 1. The van der Waals surface area contributed by atoms with Gasteiger partial charge in [-0.2, -0.15) is 0 Å². The molecule has 1 fully saturated rings. The van der Waals surface area contributed by atoms with E-state index in [1.54, 1.807) is 11.0 Å². The van der Waals surface area contributed by atoms with E-state index in [0.717, 1.165) is 18.9 Å². The van der Waals surface area contributed by atoms with E-state index in [0.29, 0.717) is 13.1 Å². The van der Waals surface area contributed by atoms with Crippen LogP contribution in [0.5, 0.6) is 0 Å². The van der Waals surface area contributed by atoms with E-state index in [4.69, 9.17) is 0 Å². The number of carbonyl (C=O) groups excluding carboxylic acids is 1. The molecule has 0 aliphatic carbocycles. The third kappa shape index (κ3) is 2.78. The predicted octanol–water partition coefficient (Wildman–Crippen LogP) is 2.07. The van der Waals surface area contributed by atoms with E-state index in [1.807, 2.05) is 0 Å². The van der Waals surface area contributed by atoms with Crippen molar-refractivity contribution in [1.29, 1.82) is 0 Å². The molecule has 18 heavy (non-hydrogen) atoms. The minimum Gasteiger partial charge on any atom is -0.367 e. The predicted molar refractivity (Wildman–Crippen MR) is 65.4 cm³/mol. The Hall–Kier alpha value is -1.65. The van der Waals surface area contributed by atoms with E-state index >= 15 is 0 Å². The Labute approximate surface area is 105 Å². The molecule has 98 valence electrons. The topological polar surface area (TPSA) is 32.3 Å². The van der Waals surface area contributed by atoms with E-state index in [9.17, 15) is 13.6 Å². The number of carbonyl (C=O) groups is 1. The monoisotopic (exact) mass is 254 g/mol.